The van der Waals surface area contributed by atoms with Crippen molar-refractivity contribution in [2.75, 3.05) is 21.3 Å². The molecule has 2 aromatic carbocycles. The first-order valence-electron chi connectivity index (χ1n) is 8.11. The van der Waals surface area contributed by atoms with Crippen LogP contribution in [0.1, 0.15) is 16.2 Å². The Morgan fingerprint density at radius 3 is 2.36 bits per heavy atom. The van der Waals surface area contributed by atoms with Gasteiger partial charge in [-0.2, -0.15) is 0 Å². The molecule has 0 saturated carbocycles. The minimum absolute atomic E-state index is 0.0773. The molecule has 0 amide bonds. The van der Waals surface area contributed by atoms with Crippen molar-refractivity contribution in [1.29, 1.82) is 0 Å². The molecule has 0 fully saturated rings. The molecule has 0 unspecified atom stereocenters. The van der Waals surface area contributed by atoms with Crippen LogP contribution in [-0.2, 0) is 11.3 Å². The molecule has 0 bridgehead atoms. The number of nitrogens with zero attached hydrogens (tertiary/aromatic N) is 2. The van der Waals surface area contributed by atoms with E-state index in [9.17, 15) is 9.18 Å². The number of carbonyl (C=O) groups is 1. The molecule has 146 valence electrons. The third-order valence-corrected chi connectivity index (χ3v) is 3.77. The van der Waals surface area contributed by atoms with E-state index in [1.165, 1.54) is 39.5 Å². The molecule has 0 aliphatic rings. The second-order valence-corrected chi connectivity index (χ2v) is 5.50. The summed E-state index contributed by atoms with van der Waals surface area (Å²) in [5, 5.41) is 7.79. The predicted octanol–water partition coefficient (Wildman–Crippen LogP) is 3.26. The Hall–Kier alpha value is -3.62. The van der Waals surface area contributed by atoms with Crippen LogP contribution >= 0.6 is 0 Å². The summed E-state index contributed by atoms with van der Waals surface area (Å²) in [6.45, 7) is -0.257. The van der Waals surface area contributed by atoms with Crippen LogP contribution in [0.4, 0.5) is 4.39 Å². The van der Waals surface area contributed by atoms with Gasteiger partial charge < -0.3 is 23.4 Å². The van der Waals surface area contributed by atoms with Gasteiger partial charge in [0.1, 0.15) is 5.82 Å². The lowest BCUT2D eigenvalue weighted by atomic mass is 10.2. The molecule has 0 N–H and O–H groups in total. The molecule has 0 aliphatic heterocycles. The van der Waals surface area contributed by atoms with E-state index in [0.29, 0.717) is 22.8 Å². The van der Waals surface area contributed by atoms with Gasteiger partial charge in [0.15, 0.2) is 18.1 Å². The summed E-state index contributed by atoms with van der Waals surface area (Å²) in [5.41, 5.74) is 0.620. The average molecular weight is 388 g/mol. The number of aromatic nitrogens is 2. The number of halogens is 1. The highest BCUT2D eigenvalue weighted by atomic mass is 19.1. The van der Waals surface area contributed by atoms with E-state index in [1.807, 2.05) is 0 Å². The van der Waals surface area contributed by atoms with Gasteiger partial charge in [0.2, 0.25) is 11.6 Å². The average Bonchev–Trinajstić information content (AvgIpc) is 3.19. The Bertz CT molecular complexity index is 963. The minimum atomic E-state index is -0.702. The molecule has 3 aromatic rings. The van der Waals surface area contributed by atoms with Gasteiger partial charge in [-0.3, -0.25) is 0 Å². The highest BCUT2D eigenvalue weighted by Gasteiger charge is 2.18. The number of esters is 1. The lowest BCUT2D eigenvalue weighted by Gasteiger charge is -2.12. The molecule has 9 heteroatoms. The topological polar surface area (TPSA) is 92.9 Å². The summed E-state index contributed by atoms with van der Waals surface area (Å²) in [4.78, 5) is 12.0. The van der Waals surface area contributed by atoms with Crippen molar-refractivity contribution in [2.24, 2.45) is 0 Å². The second-order valence-electron chi connectivity index (χ2n) is 5.50. The van der Waals surface area contributed by atoms with Crippen LogP contribution in [-0.4, -0.2) is 37.5 Å². The quantitative estimate of drug-likeness (QED) is 0.570. The van der Waals surface area contributed by atoms with Crippen LogP contribution in [0.2, 0.25) is 0 Å². The molecule has 0 saturated heterocycles. The van der Waals surface area contributed by atoms with Crippen LogP contribution in [0.25, 0.3) is 11.5 Å². The highest BCUT2D eigenvalue weighted by molar-refractivity contribution is 5.89. The number of hydrogen-bond acceptors (Lipinski definition) is 8. The second kappa shape index (κ2) is 8.38. The van der Waals surface area contributed by atoms with Crippen LogP contribution in [0, 0.1) is 5.82 Å². The van der Waals surface area contributed by atoms with Crippen LogP contribution in [0.5, 0.6) is 17.2 Å². The van der Waals surface area contributed by atoms with Crippen molar-refractivity contribution in [3.8, 4) is 28.7 Å². The molecule has 1 aromatic heterocycles. The van der Waals surface area contributed by atoms with E-state index >= 15 is 0 Å². The van der Waals surface area contributed by atoms with Crippen LogP contribution in [0.15, 0.2) is 40.8 Å². The lowest BCUT2D eigenvalue weighted by molar-refractivity contribution is 0.0438. The third kappa shape index (κ3) is 4.03. The monoisotopic (exact) mass is 388 g/mol. The normalized spacial score (nSPS) is 10.4. The van der Waals surface area contributed by atoms with Gasteiger partial charge >= 0.3 is 5.97 Å². The fourth-order valence-corrected chi connectivity index (χ4v) is 2.46. The Morgan fingerprint density at radius 2 is 1.75 bits per heavy atom. The van der Waals surface area contributed by atoms with Crippen molar-refractivity contribution in [2.45, 2.75) is 6.61 Å². The molecule has 0 aliphatic carbocycles. The number of rotatable bonds is 7. The molecule has 8 nitrogen and oxygen atoms in total. The smallest absolute Gasteiger partial charge is 0.338 e. The first-order chi connectivity index (χ1) is 13.5. The largest absolute Gasteiger partial charge is 0.493 e. The van der Waals surface area contributed by atoms with Crippen LogP contribution < -0.4 is 14.2 Å². The fraction of sp³-hybridized carbons (Fsp3) is 0.211. The molecular formula is C19H17FN2O6. The third-order valence-electron chi connectivity index (χ3n) is 3.77. The van der Waals surface area contributed by atoms with Crippen molar-refractivity contribution in [3.05, 3.63) is 53.7 Å². The van der Waals surface area contributed by atoms with Gasteiger partial charge in [0, 0.05) is 5.56 Å². The summed E-state index contributed by atoms with van der Waals surface area (Å²) < 4.78 is 39.6. The van der Waals surface area contributed by atoms with Gasteiger partial charge in [-0.25, -0.2) is 9.18 Å². The lowest BCUT2D eigenvalue weighted by Crippen LogP contribution is -2.05. The van der Waals surface area contributed by atoms with Crippen molar-refractivity contribution in [3.63, 3.8) is 0 Å². The molecule has 1 heterocycles. The Labute approximate surface area is 159 Å². The molecule has 0 atom stereocenters. The van der Waals surface area contributed by atoms with Gasteiger partial charge in [-0.05, 0) is 30.3 Å². The Morgan fingerprint density at radius 1 is 1.04 bits per heavy atom. The van der Waals surface area contributed by atoms with E-state index in [2.05, 4.69) is 10.2 Å². The number of ether oxygens (including phenoxy) is 4. The zero-order valence-electron chi connectivity index (χ0n) is 15.4. The summed E-state index contributed by atoms with van der Waals surface area (Å²) in [5.74, 6) is 0.300. The Kier molecular flexibility index (Phi) is 5.73. The maximum atomic E-state index is 13.2. The fourth-order valence-electron chi connectivity index (χ4n) is 2.46. The van der Waals surface area contributed by atoms with E-state index in [1.54, 1.807) is 12.1 Å². The van der Waals surface area contributed by atoms with E-state index in [-0.39, 0.29) is 24.0 Å². The van der Waals surface area contributed by atoms with E-state index in [4.69, 9.17) is 23.4 Å². The number of benzene rings is 2. The van der Waals surface area contributed by atoms with Crippen molar-refractivity contribution >= 4 is 5.97 Å². The van der Waals surface area contributed by atoms with E-state index < -0.39 is 11.8 Å². The molecule has 0 radical (unpaired) electrons. The number of hydrogen-bond donors (Lipinski definition) is 0. The molecule has 28 heavy (non-hydrogen) atoms. The van der Waals surface area contributed by atoms with Crippen molar-refractivity contribution < 1.29 is 32.5 Å². The SMILES string of the molecule is COc1cc(-c2nnc(COC(=O)c3cccc(F)c3)o2)cc(OC)c1OC. The number of carbonyl (C=O) groups excluding carboxylic acids is 1. The maximum absolute atomic E-state index is 13.2. The summed E-state index contributed by atoms with van der Waals surface area (Å²) in [6, 6.07) is 8.48. The zero-order chi connectivity index (χ0) is 20.1. The van der Waals surface area contributed by atoms with Gasteiger partial charge in [0.25, 0.3) is 5.89 Å². The highest BCUT2D eigenvalue weighted by Crippen LogP contribution is 2.40. The predicted molar refractivity (Wildman–Crippen MR) is 94.9 cm³/mol. The van der Waals surface area contributed by atoms with Crippen LogP contribution in [0.3, 0.4) is 0 Å². The molecular weight excluding hydrogens is 371 g/mol. The van der Waals surface area contributed by atoms with Gasteiger partial charge in [-0.1, -0.05) is 6.07 Å². The molecule has 0 spiro atoms. The first kappa shape index (κ1) is 19.2. The standard InChI is InChI=1S/C19H17FN2O6/c1-24-14-8-12(9-15(25-2)17(14)26-3)18-22-21-16(28-18)10-27-19(23)11-5-4-6-13(20)7-11/h4-9H,10H2,1-3H3. The summed E-state index contributed by atoms with van der Waals surface area (Å²) >= 11 is 0. The minimum Gasteiger partial charge on any atom is -0.493 e. The zero-order valence-corrected chi connectivity index (χ0v) is 15.4. The Balaban J connectivity index is 1.76. The summed E-state index contributed by atoms with van der Waals surface area (Å²) in [7, 11) is 4.48. The summed E-state index contributed by atoms with van der Waals surface area (Å²) in [6.07, 6.45) is 0. The molecule has 3 rings (SSSR count). The maximum Gasteiger partial charge on any atom is 0.338 e. The van der Waals surface area contributed by atoms with Gasteiger partial charge in [0.05, 0.1) is 26.9 Å². The first-order valence-corrected chi connectivity index (χ1v) is 8.11. The van der Waals surface area contributed by atoms with Gasteiger partial charge in [-0.15, -0.1) is 10.2 Å². The number of methoxy groups -OCH3 is 3. The van der Waals surface area contributed by atoms with E-state index in [0.717, 1.165) is 6.07 Å². The van der Waals surface area contributed by atoms with Crippen molar-refractivity contribution in [1.82, 2.24) is 10.2 Å².